The van der Waals surface area contributed by atoms with Crippen molar-refractivity contribution in [3.63, 3.8) is 0 Å². The second kappa shape index (κ2) is 5.24. The van der Waals surface area contributed by atoms with Gasteiger partial charge in [-0.05, 0) is 24.6 Å². The maximum Gasteiger partial charge on any atom is 0.434 e. The monoisotopic (exact) mass is 339 g/mol. The van der Waals surface area contributed by atoms with Crippen molar-refractivity contribution in [1.82, 2.24) is 10.2 Å². The Morgan fingerprint density at radius 1 is 1.55 bits per heavy atom. The maximum absolute atomic E-state index is 12.1. The third-order valence-electron chi connectivity index (χ3n) is 3.25. The molecule has 0 saturated carbocycles. The molecule has 1 aliphatic heterocycles. The van der Waals surface area contributed by atoms with Crippen molar-refractivity contribution in [3.05, 3.63) is 34.3 Å². The topological polar surface area (TPSA) is 82.0 Å². The first kappa shape index (κ1) is 14.5. The highest BCUT2D eigenvalue weighted by Gasteiger charge is 2.38. The van der Waals surface area contributed by atoms with Gasteiger partial charge in [-0.3, -0.25) is 9.69 Å². The van der Waals surface area contributed by atoms with Gasteiger partial charge in [-0.15, -0.1) is 4.99 Å². The number of nitrogens with one attached hydrogen (secondary N) is 1. The molecule has 2 N–H and O–H groups in total. The number of aliphatic imine (C=N–C) groups is 1. The summed E-state index contributed by atoms with van der Waals surface area (Å²) >= 11 is 3.39. The number of carboxylic acid groups (broad SMARTS) is 1. The quantitative estimate of drug-likeness (QED) is 0.821. The van der Waals surface area contributed by atoms with Crippen LogP contribution in [0, 0.1) is 0 Å². The molecule has 0 spiro atoms. The van der Waals surface area contributed by atoms with E-state index in [9.17, 15) is 9.59 Å². The number of halogens is 1. The van der Waals surface area contributed by atoms with Crippen LogP contribution in [0.2, 0.25) is 0 Å². The highest BCUT2D eigenvalue weighted by molar-refractivity contribution is 9.10. The van der Waals surface area contributed by atoms with Gasteiger partial charge in [-0.1, -0.05) is 28.1 Å². The van der Waals surface area contributed by atoms with Crippen LogP contribution in [-0.2, 0) is 10.3 Å². The van der Waals surface area contributed by atoms with E-state index in [1.165, 1.54) is 11.9 Å². The van der Waals surface area contributed by atoms with E-state index in [0.717, 1.165) is 10.0 Å². The number of guanidine groups is 1. The Hall–Kier alpha value is -1.89. The van der Waals surface area contributed by atoms with E-state index >= 15 is 0 Å². The fraction of sp³-hybridized carbons (Fsp3) is 0.308. The minimum absolute atomic E-state index is 0.0382. The van der Waals surface area contributed by atoms with Gasteiger partial charge in [0, 0.05) is 11.5 Å². The second-order valence-corrected chi connectivity index (χ2v) is 5.73. The third kappa shape index (κ3) is 2.82. The van der Waals surface area contributed by atoms with Gasteiger partial charge in [0.1, 0.15) is 0 Å². The standard InChI is InChI=1S/C13H14BrN3O3/c1-13(8-4-3-5-9(14)6-8)7-10(18)17(2)11(16-13)15-12(19)20/h3-6H,7H2,1-2H3,(H,15,16)(H,19,20)/t13-/m0/s1. The minimum atomic E-state index is -1.34. The first-order valence-corrected chi connectivity index (χ1v) is 6.73. The summed E-state index contributed by atoms with van der Waals surface area (Å²) in [6, 6.07) is 7.53. The lowest BCUT2D eigenvalue weighted by atomic mass is 9.87. The van der Waals surface area contributed by atoms with E-state index in [0.29, 0.717) is 0 Å². The van der Waals surface area contributed by atoms with Crippen molar-refractivity contribution in [2.75, 3.05) is 7.05 Å². The number of rotatable bonds is 1. The van der Waals surface area contributed by atoms with Gasteiger partial charge in [-0.2, -0.15) is 0 Å². The average Bonchev–Trinajstić information content (AvgIpc) is 2.35. The van der Waals surface area contributed by atoms with Crippen LogP contribution in [0.4, 0.5) is 4.79 Å². The lowest BCUT2D eigenvalue weighted by Crippen LogP contribution is -2.58. The number of carbonyl (C=O) groups excluding carboxylic acids is 1. The molecule has 7 heteroatoms. The van der Waals surface area contributed by atoms with E-state index in [-0.39, 0.29) is 18.3 Å². The molecule has 20 heavy (non-hydrogen) atoms. The summed E-state index contributed by atoms with van der Waals surface area (Å²) < 4.78 is 0.890. The molecular weight excluding hydrogens is 326 g/mol. The van der Waals surface area contributed by atoms with Crippen LogP contribution in [-0.4, -0.2) is 35.0 Å². The molecule has 1 aliphatic rings. The van der Waals surface area contributed by atoms with Crippen LogP contribution in [0.5, 0.6) is 0 Å². The van der Waals surface area contributed by atoms with Gasteiger partial charge < -0.3 is 10.4 Å². The zero-order chi connectivity index (χ0) is 14.9. The van der Waals surface area contributed by atoms with Gasteiger partial charge >= 0.3 is 6.09 Å². The predicted molar refractivity (Wildman–Crippen MR) is 77.5 cm³/mol. The molecule has 1 fully saturated rings. The molecule has 1 heterocycles. The minimum Gasteiger partial charge on any atom is -0.463 e. The van der Waals surface area contributed by atoms with Gasteiger partial charge in [-0.25, -0.2) is 4.79 Å². The Morgan fingerprint density at radius 3 is 2.85 bits per heavy atom. The summed E-state index contributed by atoms with van der Waals surface area (Å²) in [7, 11) is 1.50. The summed E-state index contributed by atoms with van der Waals surface area (Å²) in [6.45, 7) is 1.84. The zero-order valence-corrected chi connectivity index (χ0v) is 12.6. The number of amides is 2. The highest BCUT2D eigenvalue weighted by Crippen LogP contribution is 2.30. The molecule has 1 aromatic carbocycles. The van der Waals surface area contributed by atoms with E-state index in [2.05, 4.69) is 26.2 Å². The number of hydrogen-bond donors (Lipinski definition) is 2. The van der Waals surface area contributed by atoms with Crippen LogP contribution >= 0.6 is 15.9 Å². The molecule has 6 nitrogen and oxygen atoms in total. The zero-order valence-electron chi connectivity index (χ0n) is 11.1. The molecule has 1 aromatic rings. The van der Waals surface area contributed by atoms with Gasteiger partial charge in [0.05, 0.1) is 12.0 Å². The lowest BCUT2D eigenvalue weighted by molar-refractivity contribution is -0.129. The van der Waals surface area contributed by atoms with Gasteiger partial charge in [0.25, 0.3) is 0 Å². The Labute approximate surface area is 124 Å². The Bertz CT molecular complexity index is 602. The molecule has 2 rings (SSSR count). The lowest BCUT2D eigenvalue weighted by Gasteiger charge is -2.40. The van der Waals surface area contributed by atoms with Crippen molar-refractivity contribution >= 4 is 33.9 Å². The van der Waals surface area contributed by atoms with Crippen molar-refractivity contribution in [2.24, 2.45) is 4.99 Å². The average molecular weight is 340 g/mol. The number of hydrogen-bond acceptors (Lipinski definition) is 2. The van der Waals surface area contributed by atoms with Crippen LogP contribution in [0.25, 0.3) is 0 Å². The highest BCUT2D eigenvalue weighted by atomic mass is 79.9. The van der Waals surface area contributed by atoms with Gasteiger partial charge in [0.15, 0.2) is 0 Å². The fourth-order valence-electron chi connectivity index (χ4n) is 2.11. The Morgan fingerprint density at radius 2 is 2.25 bits per heavy atom. The summed E-state index contributed by atoms with van der Waals surface area (Å²) in [5.74, 6) is -0.151. The molecule has 1 saturated heterocycles. The summed E-state index contributed by atoms with van der Waals surface area (Å²) in [5.41, 5.74) is 0.188. The number of carbonyl (C=O) groups is 2. The normalized spacial score (nSPS) is 24.6. The van der Waals surface area contributed by atoms with Crippen LogP contribution < -0.4 is 5.32 Å². The first-order chi connectivity index (χ1) is 9.32. The smallest absolute Gasteiger partial charge is 0.434 e. The van der Waals surface area contributed by atoms with E-state index in [1.54, 1.807) is 0 Å². The first-order valence-electron chi connectivity index (χ1n) is 5.94. The van der Waals surface area contributed by atoms with Crippen LogP contribution in [0.3, 0.4) is 0 Å². The summed E-state index contributed by atoms with van der Waals surface area (Å²) in [4.78, 5) is 27.5. The fourth-order valence-corrected chi connectivity index (χ4v) is 2.51. The van der Waals surface area contributed by atoms with Crippen LogP contribution in [0.1, 0.15) is 18.9 Å². The number of benzene rings is 1. The molecular formula is C13H14BrN3O3. The van der Waals surface area contributed by atoms with E-state index < -0.39 is 11.6 Å². The largest absolute Gasteiger partial charge is 0.463 e. The third-order valence-corrected chi connectivity index (χ3v) is 3.74. The van der Waals surface area contributed by atoms with Crippen molar-refractivity contribution in [1.29, 1.82) is 0 Å². The van der Waals surface area contributed by atoms with Crippen molar-refractivity contribution in [3.8, 4) is 0 Å². The predicted octanol–water partition coefficient (Wildman–Crippen LogP) is 2.15. The molecule has 1 atom stereocenters. The SMILES string of the molecule is CN1C(=O)C[C@@](C)(c2cccc(Br)c2)N/C1=N\C(=O)O. The molecule has 106 valence electrons. The Kier molecular flexibility index (Phi) is 3.80. The molecule has 0 aromatic heterocycles. The summed E-state index contributed by atoms with van der Waals surface area (Å²) in [6.07, 6.45) is -1.12. The Balaban J connectivity index is 2.42. The number of nitrogens with zero attached hydrogens (tertiary/aromatic N) is 2. The molecule has 2 amide bonds. The van der Waals surface area contributed by atoms with Crippen molar-refractivity contribution < 1.29 is 14.7 Å². The molecule has 0 aliphatic carbocycles. The molecule has 0 unspecified atom stereocenters. The van der Waals surface area contributed by atoms with E-state index in [1.807, 2.05) is 31.2 Å². The maximum atomic E-state index is 12.1. The second-order valence-electron chi connectivity index (χ2n) is 4.81. The van der Waals surface area contributed by atoms with Gasteiger partial charge in [0.2, 0.25) is 11.9 Å². The molecule has 0 radical (unpaired) electrons. The van der Waals surface area contributed by atoms with Crippen molar-refractivity contribution in [2.45, 2.75) is 18.9 Å². The van der Waals surface area contributed by atoms with Crippen LogP contribution in [0.15, 0.2) is 33.7 Å². The summed E-state index contributed by atoms with van der Waals surface area (Å²) in [5, 5.41) is 11.8. The molecule has 0 bridgehead atoms. The van der Waals surface area contributed by atoms with E-state index in [4.69, 9.17) is 5.11 Å².